The molecule has 6 aromatic carbocycles. The molecule has 0 aliphatic heterocycles. The molecule has 0 saturated heterocycles. The van der Waals surface area contributed by atoms with Gasteiger partial charge in [0.1, 0.15) is 0 Å². The molecule has 0 nitrogen and oxygen atoms in total. The molecule has 6 rings (SSSR count). The zero-order valence-corrected chi connectivity index (χ0v) is 31.0. The molecule has 0 bridgehead atoms. The van der Waals surface area contributed by atoms with E-state index in [9.17, 15) is 0 Å². The van der Waals surface area contributed by atoms with E-state index in [4.69, 9.17) is 17.0 Å². The van der Waals surface area contributed by atoms with Crippen molar-refractivity contribution in [2.45, 2.75) is 54.6 Å². The Bertz CT molecular complexity index is 1610. The van der Waals surface area contributed by atoms with Gasteiger partial charge in [0, 0.05) is 9.52 Å². The van der Waals surface area contributed by atoms with Crippen molar-refractivity contribution in [1.82, 2.24) is 0 Å². The fraction of sp³-hybridized carbons (Fsp3) is 0.211. The van der Waals surface area contributed by atoms with Crippen molar-refractivity contribution in [2.24, 2.45) is 0 Å². The molecule has 0 fully saturated rings. The molecule has 0 aromatic heterocycles. The van der Waals surface area contributed by atoms with E-state index in [1.807, 2.05) is 0 Å². The van der Waals surface area contributed by atoms with E-state index in [0.29, 0.717) is 0 Å². The van der Waals surface area contributed by atoms with Gasteiger partial charge in [-0.1, -0.05) is 97.7 Å². The minimum absolute atomic E-state index is 0.826. The molecule has 0 unspecified atom stereocenters. The van der Waals surface area contributed by atoms with Gasteiger partial charge in [-0.25, -0.2) is 0 Å². The molecule has 0 heterocycles. The fourth-order valence-electron chi connectivity index (χ4n) is 5.47. The van der Waals surface area contributed by atoms with Gasteiger partial charge in [0.2, 0.25) is 0 Å². The molecule has 42 heavy (non-hydrogen) atoms. The second kappa shape index (κ2) is 16.6. The van der Waals surface area contributed by atoms with Crippen molar-refractivity contribution >= 4 is 48.1 Å². The summed E-state index contributed by atoms with van der Waals surface area (Å²) < 4.78 is 0. The van der Waals surface area contributed by atoms with Crippen LogP contribution in [0.25, 0.3) is 43.8 Å². The van der Waals surface area contributed by atoms with Gasteiger partial charge in [-0.15, -0.1) is 69.1 Å². The van der Waals surface area contributed by atoms with Crippen LogP contribution in [0.5, 0.6) is 0 Å². The van der Waals surface area contributed by atoms with Gasteiger partial charge in [0.05, 0.1) is 0 Å². The number of fused-ring (bicyclic) bond motifs is 2. The van der Waals surface area contributed by atoms with Crippen LogP contribution in [0.1, 0.15) is 33.4 Å². The van der Waals surface area contributed by atoms with E-state index in [1.165, 1.54) is 77.2 Å². The van der Waals surface area contributed by atoms with Crippen LogP contribution in [-0.2, 0) is 20.8 Å². The molecule has 0 amide bonds. The third kappa shape index (κ3) is 8.90. The van der Waals surface area contributed by atoms with Gasteiger partial charge < -0.3 is 0 Å². The Morgan fingerprint density at radius 3 is 1.21 bits per heavy atom. The monoisotopic (exact) mass is 684 g/mol. The van der Waals surface area contributed by atoms with E-state index in [0.717, 1.165) is 9.52 Å². The van der Waals surface area contributed by atoms with Crippen LogP contribution >= 0.6 is 17.0 Å². The summed E-state index contributed by atoms with van der Waals surface area (Å²) in [6.45, 7) is 17.3. The third-order valence-corrected chi connectivity index (χ3v) is 7.13. The number of benzene rings is 4. The summed E-state index contributed by atoms with van der Waals surface area (Å²) in [6.07, 6.45) is 0. The summed E-state index contributed by atoms with van der Waals surface area (Å²) in [5, 5.41) is 5.40. The zero-order valence-electron chi connectivity index (χ0n) is 26.0. The van der Waals surface area contributed by atoms with E-state index >= 15 is 0 Å². The van der Waals surface area contributed by atoms with Crippen molar-refractivity contribution in [3.05, 3.63) is 130 Å². The number of aryl methyl sites for hydroxylation is 6. The fourth-order valence-corrected chi connectivity index (χ4v) is 5.47. The van der Waals surface area contributed by atoms with Crippen LogP contribution < -0.4 is 0 Å². The average Bonchev–Trinajstić information content (AvgIpc) is 3.51. The summed E-state index contributed by atoms with van der Waals surface area (Å²) in [5.41, 5.74) is 13.4. The van der Waals surface area contributed by atoms with Crippen molar-refractivity contribution in [1.29, 1.82) is 0 Å². The van der Waals surface area contributed by atoms with Crippen molar-refractivity contribution in [3.63, 3.8) is 0 Å². The van der Waals surface area contributed by atoms with E-state index in [-0.39, 0.29) is 0 Å². The zero-order chi connectivity index (χ0) is 30.8. The number of hydrogen-bond acceptors (Lipinski definition) is 0. The summed E-state index contributed by atoms with van der Waals surface area (Å²) in [4.78, 5) is 0. The van der Waals surface area contributed by atoms with E-state index in [1.54, 1.807) is 0 Å². The molecule has 2 radical (unpaired) electrons. The summed E-state index contributed by atoms with van der Waals surface area (Å²) in [7, 11) is 11.0. The molecule has 0 aliphatic carbocycles. The SMILES string of the molecule is C[Si]C.Cc1ccc(-c2cccc3[cH-]c(C)cc23)c(C)c1.Cc1ccc(-c2cccc3[cH-]c(C)cc23)c(C)c1.[Cl][Zr+2][Cl]. The van der Waals surface area contributed by atoms with Crippen LogP contribution in [0, 0.1) is 41.5 Å². The van der Waals surface area contributed by atoms with Gasteiger partial charge in [0.25, 0.3) is 0 Å². The molecule has 4 heteroatoms. The molecule has 0 spiro atoms. The Labute approximate surface area is 274 Å². The van der Waals surface area contributed by atoms with E-state index < -0.39 is 20.8 Å². The van der Waals surface area contributed by atoms with Crippen LogP contribution in [0.15, 0.2) is 97.1 Å². The molecule has 0 saturated carbocycles. The topological polar surface area (TPSA) is 0 Å². The van der Waals surface area contributed by atoms with Crippen LogP contribution in [0.3, 0.4) is 0 Å². The Morgan fingerprint density at radius 1 is 0.524 bits per heavy atom. The third-order valence-electron chi connectivity index (χ3n) is 7.13. The molecular formula is C38H40Cl2SiZr. The number of halogens is 2. The molecule has 6 aromatic rings. The maximum atomic E-state index is 4.93. The number of hydrogen-bond donors (Lipinski definition) is 0. The van der Waals surface area contributed by atoms with Crippen LogP contribution in [0.2, 0.25) is 13.1 Å². The van der Waals surface area contributed by atoms with Gasteiger partial charge >= 0.3 is 37.9 Å². The standard InChI is InChI=1S/2C18H17.C2H6Si.2ClH.Zr/c2*1-12-7-8-16(14(3)9-12)17-6-4-5-15-10-13(2)11-18(15)17;1-3-2;;;/h2*4-11H,1-3H3;1-2H3;2*1H;/q2*-1;;;;+4/p-2. The van der Waals surface area contributed by atoms with Crippen molar-refractivity contribution in [2.75, 3.05) is 0 Å². The van der Waals surface area contributed by atoms with Gasteiger partial charge in [-0.3, -0.25) is 0 Å². The van der Waals surface area contributed by atoms with E-state index in [2.05, 4.69) is 152 Å². The van der Waals surface area contributed by atoms with Crippen molar-refractivity contribution < 1.29 is 20.8 Å². The van der Waals surface area contributed by atoms with Crippen LogP contribution in [0.4, 0.5) is 0 Å². The van der Waals surface area contributed by atoms with Gasteiger partial charge in [0.15, 0.2) is 0 Å². The Kier molecular flexibility index (Phi) is 13.5. The predicted octanol–water partition coefficient (Wildman–Crippen LogP) is 12.5. The first-order valence-corrected chi connectivity index (χ1v) is 22.5. The minimum atomic E-state index is -0.826. The molecule has 0 aliphatic rings. The Balaban J connectivity index is 0.000000195. The molecule has 0 N–H and O–H groups in total. The Hall–Kier alpha value is -2.22. The molecule has 214 valence electrons. The molecule has 0 atom stereocenters. The summed E-state index contributed by atoms with van der Waals surface area (Å²) in [6, 6.07) is 35.6. The number of rotatable bonds is 2. The first-order chi connectivity index (χ1) is 20.1. The molecular weight excluding hydrogens is 647 g/mol. The maximum absolute atomic E-state index is 4.93. The second-order valence-electron chi connectivity index (χ2n) is 10.9. The van der Waals surface area contributed by atoms with Gasteiger partial charge in [-0.05, 0) is 49.9 Å². The van der Waals surface area contributed by atoms with Gasteiger partial charge in [-0.2, -0.15) is 12.1 Å². The first-order valence-electron chi connectivity index (χ1n) is 14.2. The Morgan fingerprint density at radius 2 is 0.881 bits per heavy atom. The average molecular weight is 687 g/mol. The van der Waals surface area contributed by atoms with Crippen molar-refractivity contribution in [3.8, 4) is 22.3 Å². The normalized spacial score (nSPS) is 10.1. The summed E-state index contributed by atoms with van der Waals surface area (Å²) >= 11 is -0.826. The second-order valence-corrected chi connectivity index (χ2v) is 15.6. The first kappa shape index (κ1) is 34.3. The van der Waals surface area contributed by atoms with Crippen LogP contribution in [-0.4, -0.2) is 9.52 Å². The quantitative estimate of drug-likeness (QED) is 0.126. The predicted molar refractivity (Wildman–Crippen MR) is 188 cm³/mol. The summed E-state index contributed by atoms with van der Waals surface area (Å²) in [5.74, 6) is 0.